The molecule has 3 aliphatic rings. The zero-order chi connectivity index (χ0) is 22.2. The fourth-order valence-electron chi connectivity index (χ4n) is 3.40. The van der Waals surface area contributed by atoms with Gasteiger partial charge in [-0.3, -0.25) is 14.8 Å². The number of hydrogen-bond acceptors (Lipinski definition) is 9. The van der Waals surface area contributed by atoms with E-state index in [1.165, 1.54) is 12.3 Å². The Bertz CT molecular complexity index is 1030. The second-order valence-electron chi connectivity index (χ2n) is 6.86. The SMILES string of the molecule is O=c1c2cccn(O)c-2c(O)c2c1C(=NCCNCCO)C=CC2=NCCNCCO. The minimum atomic E-state index is -0.358. The van der Waals surface area contributed by atoms with E-state index in [4.69, 9.17) is 10.2 Å². The van der Waals surface area contributed by atoms with Crippen molar-refractivity contribution in [3.8, 4) is 17.0 Å². The van der Waals surface area contributed by atoms with Gasteiger partial charge in [-0.15, -0.1) is 0 Å². The van der Waals surface area contributed by atoms with E-state index in [0.717, 1.165) is 4.73 Å². The minimum Gasteiger partial charge on any atom is -0.505 e. The summed E-state index contributed by atoms with van der Waals surface area (Å²) in [6.07, 6.45) is 4.71. The quantitative estimate of drug-likeness (QED) is 0.214. The summed E-state index contributed by atoms with van der Waals surface area (Å²) in [4.78, 5) is 22.3. The third-order valence-electron chi connectivity index (χ3n) is 4.79. The summed E-state index contributed by atoms with van der Waals surface area (Å²) >= 11 is 0. The van der Waals surface area contributed by atoms with Crippen LogP contribution < -0.4 is 16.1 Å². The molecule has 0 unspecified atom stereocenters. The highest BCUT2D eigenvalue weighted by Gasteiger charge is 2.30. The first-order chi connectivity index (χ1) is 15.1. The fraction of sp³-hybridized carbons (Fsp3) is 0.381. The molecule has 0 amide bonds. The molecule has 0 aromatic rings. The van der Waals surface area contributed by atoms with Gasteiger partial charge in [0.05, 0.1) is 54.4 Å². The predicted octanol–water partition coefficient (Wildman–Crippen LogP) is -0.792. The van der Waals surface area contributed by atoms with E-state index in [1.807, 2.05) is 0 Å². The zero-order valence-corrected chi connectivity index (χ0v) is 17.1. The molecule has 3 rings (SSSR count). The van der Waals surface area contributed by atoms with Gasteiger partial charge >= 0.3 is 0 Å². The smallest absolute Gasteiger partial charge is 0.198 e. The van der Waals surface area contributed by atoms with Gasteiger partial charge in [0.25, 0.3) is 0 Å². The molecular weight excluding hydrogens is 402 g/mol. The lowest BCUT2D eigenvalue weighted by Crippen LogP contribution is -2.28. The molecule has 166 valence electrons. The van der Waals surface area contributed by atoms with Crippen LogP contribution in [0.2, 0.25) is 0 Å². The molecule has 0 saturated heterocycles. The number of rotatable bonds is 10. The van der Waals surface area contributed by atoms with E-state index < -0.39 is 0 Å². The van der Waals surface area contributed by atoms with Crippen molar-refractivity contribution < 1.29 is 20.5 Å². The molecule has 0 aromatic carbocycles. The Morgan fingerprint density at radius 3 is 2.06 bits per heavy atom. The van der Waals surface area contributed by atoms with E-state index in [-0.39, 0.29) is 46.8 Å². The first kappa shape index (κ1) is 22.6. The Morgan fingerprint density at radius 1 is 0.903 bits per heavy atom. The highest BCUT2D eigenvalue weighted by molar-refractivity contribution is 6.27. The summed E-state index contributed by atoms with van der Waals surface area (Å²) in [6.45, 7) is 2.74. The van der Waals surface area contributed by atoms with Gasteiger partial charge in [0.2, 0.25) is 0 Å². The van der Waals surface area contributed by atoms with E-state index in [9.17, 15) is 15.1 Å². The number of benzene rings is 1. The second-order valence-corrected chi connectivity index (χ2v) is 6.86. The molecule has 0 bridgehead atoms. The van der Waals surface area contributed by atoms with E-state index in [0.29, 0.717) is 50.7 Å². The Morgan fingerprint density at radius 2 is 1.48 bits per heavy atom. The number of phenols is 1. The molecule has 0 spiro atoms. The predicted molar refractivity (Wildman–Crippen MR) is 118 cm³/mol. The zero-order valence-electron chi connectivity index (χ0n) is 17.1. The van der Waals surface area contributed by atoms with Gasteiger partial charge in [-0.25, -0.2) is 0 Å². The lowest BCUT2D eigenvalue weighted by molar-refractivity contribution is 0.186. The van der Waals surface area contributed by atoms with Gasteiger partial charge in [0.1, 0.15) is 5.69 Å². The van der Waals surface area contributed by atoms with Crippen LogP contribution in [0.4, 0.5) is 0 Å². The van der Waals surface area contributed by atoms with Crippen molar-refractivity contribution in [2.24, 2.45) is 9.98 Å². The summed E-state index contributed by atoms with van der Waals surface area (Å²) in [7, 11) is 0. The largest absolute Gasteiger partial charge is 0.505 e. The third-order valence-corrected chi connectivity index (χ3v) is 4.79. The highest BCUT2D eigenvalue weighted by Crippen LogP contribution is 2.35. The van der Waals surface area contributed by atoms with Crippen molar-refractivity contribution in [3.05, 3.63) is 51.8 Å². The number of allylic oxidation sites excluding steroid dienone is 2. The van der Waals surface area contributed by atoms with Crippen LogP contribution in [0.1, 0.15) is 11.1 Å². The Labute approximate surface area is 179 Å². The number of phenolic OH excluding ortho intramolecular Hbond substituents is 1. The summed E-state index contributed by atoms with van der Waals surface area (Å²) in [5.41, 5.74) is 1.14. The molecule has 0 atom stereocenters. The summed E-state index contributed by atoms with van der Waals surface area (Å²) in [5, 5.41) is 44.9. The lowest BCUT2D eigenvalue weighted by atomic mass is 9.88. The summed E-state index contributed by atoms with van der Waals surface area (Å²) < 4.78 is 0.723. The topological polar surface area (TPSA) is 152 Å². The summed E-state index contributed by atoms with van der Waals surface area (Å²) in [6, 6.07) is 3.06. The Balaban J connectivity index is 2.06. The van der Waals surface area contributed by atoms with Crippen molar-refractivity contribution in [2.75, 3.05) is 52.5 Å². The fourth-order valence-corrected chi connectivity index (χ4v) is 3.40. The molecule has 0 aromatic heterocycles. The standard InChI is InChI=1S/C21H27N5O5/c27-12-9-22-5-7-24-15-3-4-16(25-8-6-23-10-13-28)18-17(15)20(29)14-2-1-11-26(31)19(14)21(18)30/h1-4,11,22-23,27-28,30-31H,5-10,12-13H2. The number of aromatic nitrogens is 1. The number of nitrogens with one attached hydrogen (secondary N) is 2. The Kier molecular flexibility index (Phi) is 7.90. The Hall–Kier alpha value is -3.05. The van der Waals surface area contributed by atoms with Crippen LogP contribution in [-0.4, -0.2) is 89.2 Å². The van der Waals surface area contributed by atoms with Crippen LogP contribution in [0.25, 0.3) is 11.3 Å². The minimum absolute atomic E-state index is 0.0108. The van der Waals surface area contributed by atoms with Crippen LogP contribution in [0.5, 0.6) is 5.75 Å². The van der Waals surface area contributed by atoms with Crippen LogP contribution in [0.15, 0.2) is 45.3 Å². The van der Waals surface area contributed by atoms with E-state index in [1.54, 1.807) is 18.2 Å². The van der Waals surface area contributed by atoms with Gasteiger partial charge in [-0.05, 0) is 24.3 Å². The molecule has 0 radical (unpaired) electrons. The van der Waals surface area contributed by atoms with Crippen LogP contribution >= 0.6 is 0 Å². The van der Waals surface area contributed by atoms with Gasteiger partial charge in [-0.1, -0.05) is 0 Å². The molecule has 10 nitrogen and oxygen atoms in total. The van der Waals surface area contributed by atoms with Crippen molar-refractivity contribution in [3.63, 3.8) is 0 Å². The number of pyridine rings is 1. The number of aliphatic imine (C=N–C) groups is 2. The van der Waals surface area contributed by atoms with E-state index >= 15 is 0 Å². The van der Waals surface area contributed by atoms with Crippen molar-refractivity contribution in [2.45, 2.75) is 0 Å². The van der Waals surface area contributed by atoms with Crippen molar-refractivity contribution in [1.82, 2.24) is 15.4 Å². The second kappa shape index (κ2) is 10.8. The molecule has 0 saturated carbocycles. The number of aliphatic hydroxyl groups excluding tert-OH is 2. The number of nitrogens with zero attached hydrogens (tertiary/aromatic N) is 3. The average Bonchev–Trinajstić information content (AvgIpc) is 2.77. The van der Waals surface area contributed by atoms with Crippen LogP contribution in [-0.2, 0) is 0 Å². The summed E-state index contributed by atoms with van der Waals surface area (Å²) in [5.74, 6) is -0.245. The van der Waals surface area contributed by atoms with E-state index in [2.05, 4.69) is 20.6 Å². The molecule has 10 heteroatoms. The van der Waals surface area contributed by atoms with Crippen LogP contribution in [0, 0.1) is 0 Å². The number of aromatic hydroxyl groups is 1. The number of fused-ring (bicyclic) bond motifs is 2. The monoisotopic (exact) mass is 429 g/mol. The molecule has 2 aliphatic carbocycles. The molecule has 1 aliphatic heterocycles. The maximum absolute atomic E-state index is 13.3. The van der Waals surface area contributed by atoms with Gasteiger partial charge in [0, 0.05) is 32.4 Å². The van der Waals surface area contributed by atoms with Gasteiger partial charge in [0.15, 0.2) is 11.2 Å². The molecular formula is C21H27N5O5. The number of aliphatic hydroxyl groups is 2. The molecule has 1 heterocycles. The maximum Gasteiger partial charge on any atom is 0.198 e. The maximum atomic E-state index is 13.3. The lowest BCUT2D eigenvalue weighted by Gasteiger charge is -2.21. The van der Waals surface area contributed by atoms with Crippen molar-refractivity contribution in [1.29, 1.82) is 0 Å². The number of hydrogen-bond donors (Lipinski definition) is 6. The van der Waals surface area contributed by atoms with Gasteiger partial charge < -0.3 is 31.2 Å². The highest BCUT2D eigenvalue weighted by atomic mass is 16.5. The normalized spacial score (nSPS) is 15.8. The molecule has 0 fully saturated rings. The van der Waals surface area contributed by atoms with Gasteiger partial charge in [-0.2, -0.15) is 4.73 Å². The average molecular weight is 429 g/mol. The van der Waals surface area contributed by atoms with Crippen molar-refractivity contribution >= 4 is 11.4 Å². The third kappa shape index (κ3) is 5.00. The molecule has 31 heavy (non-hydrogen) atoms. The molecule has 6 N–H and O–H groups in total. The van der Waals surface area contributed by atoms with Crippen LogP contribution in [0.3, 0.4) is 0 Å². The first-order valence-corrected chi connectivity index (χ1v) is 10.1. The first-order valence-electron chi connectivity index (χ1n) is 10.1.